The Balaban J connectivity index is 2.20. The Morgan fingerprint density at radius 3 is 2.55 bits per heavy atom. The highest BCUT2D eigenvalue weighted by atomic mass is 32.2. The number of benzene rings is 1. The number of phenolic OH excluding ortho intramolecular Hbond substituents is 2. The number of phenols is 2. The summed E-state index contributed by atoms with van der Waals surface area (Å²) in [7, 11) is 0. The SMILES string of the molecule is CSCCCc1cc(O)c(C2C=C(C)CCC2)c(O)c1. The highest BCUT2D eigenvalue weighted by Crippen LogP contribution is 2.41. The summed E-state index contributed by atoms with van der Waals surface area (Å²) >= 11 is 1.82. The van der Waals surface area contributed by atoms with Gasteiger partial charge in [0, 0.05) is 11.5 Å². The van der Waals surface area contributed by atoms with Crippen molar-refractivity contribution in [3.05, 3.63) is 34.9 Å². The fourth-order valence-corrected chi connectivity index (χ4v) is 3.40. The second kappa shape index (κ2) is 7.07. The Hall–Kier alpha value is -1.09. The molecule has 1 unspecified atom stereocenters. The molecule has 110 valence electrons. The highest BCUT2D eigenvalue weighted by Gasteiger charge is 2.21. The summed E-state index contributed by atoms with van der Waals surface area (Å²) in [5.74, 6) is 1.76. The van der Waals surface area contributed by atoms with Crippen molar-refractivity contribution in [2.24, 2.45) is 0 Å². The van der Waals surface area contributed by atoms with Crippen molar-refractivity contribution in [3.63, 3.8) is 0 Å². The van der Waals surface area contributed by atoms with E-state index in [2.05, 4.69) is 19.3 Å². The third-order valence-corrected chi connectivity index (χ3v) is 4.65. The minimum absolute atomic E-state index is 0.156. The first-order valence-electron chi connectivity index (χ1n) is 7.32. The Morgan fingerprint density at radius 1 is 1.25 bits per heavy atom. The third-order valence-electron chi connectivity index (χ3n) is 3.95. The van der Waals surface area contributed by atoms with Gasteiger partial charge in [-0.05, 0) is 68.7 Å². The Labute approximate surface area is 125 Å². The molecule has 0 heterocycles. The van der Waals surface area contributed by atoms with Crippen LogP contribution in [0.4, 0.5) is 0 Å². The van der Waals surface area contributed by atoms with Gasteiger partial charge in [0.2, 0.25) is 0 Å². The van der Waals surface area contributed by atoms with Gasteiger partial charge >= 0.3 is 0 Å². The predicted octanol–water partition coefficient (Wildman–Crippen LogP) is 4.61. The zero-order valence-corrected chi connectivity index (χ0v) is 13.2. The van der Waals surface area contributed by atoms with E-state index in [0.717, 1.165) is 43.4 Å². The molecule has 2 rings (SSSR count). The van der Waals surface area contributed by atoms with Crippen molar-refractivity contribution in [2.45, 2.75) is 44.9 Å². The molecule has 0 saturated carbocycles. The fourth-order valence-electron chi connectivity index (χ4n) is 2.96. The lowest BCUT2D eigenvalue weighted by molar-refractivity contribution is 0.427. The summed E-state index contributed by atoms with van der Waals surface area (Å²) in [5.41, 5.74) is 3.08. The lowest BCUT2D eigenvalue weighted by atomic mass is 9.84. The molecular weight excluding hydrogens is 268 g/mol. The Kier molecular flexibility index (Phi) is 5.41. The normalized spacial score (nSPS) is 18.9. The molecule has 0 fully saturated rings. The summed E-state index contributed by atoms with van der Waals surface area (Å²) < 4.78 is 0. The maximum absolute atomic E-state index is 10.3. The van der Waals surface area contributed by atoms with Gasteiger partial charge in [-0.2, -0.15) is 11.8 Å². The minimum atomic E-state index is 0.156. The molecule has 0 bridgehead atoms. The monoisotopic (exact) mass is 292 g/mol. The second-order valence-corrected chi connectivity index (χ2v) is 6.64. The number of thioether (sulfide) groups is 1. The van der Waals surface area contributed by atoms with E-state index in [1.807, 2.05) is 23.9 Å². The van der Waals surface area contributed by atoms with Crippen LogP contribution in [0.2, 0.25) is 0 Å². The van der Waals surface area contributed by atoms with Gasteiger partial charge in [0.15, 0.2) is 0 Å². The van der Waals surface area contributed by atoms with E-state index in [-0.39, 0.29) is 17.4 Å². The zero-order valence-electron chi connectivity index (χ0n) is 12.4. The number of aryl methyl sites for hydroxylation is 1. The molecule has 2 nitrogen and oxygen atoms in total. The molecule has 1 aromatic carbocycles. The summed E-state index contributed by atoms with van der Waals surface area (Å²) in [6.07, 6.45) is 9.52. The van der Waals surface area contributed by atoms with Gasteiger partial charge in [-0.25, -0.2) is 0 Å². The standard InChI is InChI=1S/C17H24O2S/c1-12-5-3-7-14(9-12)17-15(18)10-13(11-16(17)19)6-4-8-20-2/h9-11,14,18-19H,3-8H2,1-2H3. The van der Waals surface area contributed by atoms with Crippen molar-refractivity contribution in [1.82, 2.24) is 0 Å². The predicted molar refractivity (Wildman–Crippen MR) is 86.8 cm³/mol. The van der Waals surface area contributed by atoms with Crippen molar-refractivity contribution in [2.75, 3.05) is 12.0 Å². The summed E-state index contributed by atoms with van der Waals surface area (Å²) in [5, 5.41) is 20.5. The van der Waals surface area contributed by atoms with E-state index in [9.17, 15) is 10.2 Å². The molecule has 0 amide bonds. The van der Waals surface area contributed by atoms with Crippen LogP contribution in [0.1, 0.15) is 49.7 Å². The molecule has 3 heteroatoms. The van der Waals surface area contributed by atoms with Gasteiger partial charge in [-0.1, -0.05) is 11.6 Å². The number of aromatic hydroxyl groups is 2. The van der Waals surface area contributed by atoms with Crippen LogP contribution in [0, 0.1) is 0 Å². The largest absolute Gasteiger partial charge is 0.507 e. The van der Waals surface area contributed by atoms with E-state index in [1.54, 1.807) is 0 Å². The first-order chi connectivity index (χ1) is 9.61. The lowest BCUT2D eigenvalue weighted by Gasteiger charge is -2.22. The summed E-state index contributed by atoms with van der Waals surface area (Å²) in [6, 6.07) is 3.65. The van der Waals surface area contributed by atoms with Crippen molar-refractivity contribution in [3.8, 4) is 11.5 Å². The van der Waals surface area contributed by atoms with Crippen molar-refractivity contribution in [1.29, 1.82) is 0 Å². The van der Waals surface area contributed by atoms with Crippen LogP contribution < -0.4 is 0 Å². The van der Waals surface area contributed by atoms with E-state index in [1.165, 1.54) is 5.57 Å². The van der Waals surface area contributed by atoms with Gasteiger partial charge in [-0.15, -0.1) is 0 Å². The molecule has 0 aliphatic heterocycles. The van der Waals surface area contributed by atoms with Crippen LogP contribution in [0.15, 0.2) is 23.8 Å². The highest BCUT2D eigenvalue weighted by molar-refractivity contribution is 7.98. The summed E-state index contributed by atoms with van der Waals surface area (Å²) in [4.78, 5) is 0. The van der Waals surface area contributed by atoms with Gasteiger partial charge in [0.1, 0.15) is 11.5 Å². The maximum Gasteiger partial charge on any atom is 0.123 e. The minimum Gasteiger partial charge on any atom is -0.507 e. The Morgan fingerprint density at radius 2 is 1.95 bits per heavy atom. The average molecular weight is 292 g/mol. The zero-order chi connectivity index (χ0) is 14.5. The van der Waals surface area contributed by atoms with Crippen molar-refractivity contribution < 1.29 is 10.2 Å². The van der Waals surface area contributed by atoms with Crippen LogP contribution in [0.5, 0.6) is 11.5 Å². The Bertz CT molecular complexity index is 471. The topological polar surface area (TPSA) is 40.5 Å². The lowest BCUT2D eigenvalue weighted by Crippen LogP contribution is -2.03. The average Bonchev–Trinajstić information content (AvgIpc) is 2.38. The number of hydrogen-bond acceptors (Lipinski definition) is 3. The van der Waals surface area contributed by atoms with Crippen LogP contribution in [-0.2, 0) is 6.42 Å². The number of hydrogen-bond donors (Lipinski definition) is 2. The third kappa shape index (κ3) is 3.72. The molecule has 0 saturated heterocycles. The number of allylic oxidation sites excluding steroid dienone is 2. The fraction of sp³-hybridized carbons (Fsp3) is 0.529. The molecule has 1 aromatic rings. The molecule has 2 N–H and O–H groups in total. The molecule has 0 radical (unpaired) electrons. The quantitative estimate of drug-likeness (QED) is 0.615. The molecule has 1 atom stereocenters. The van der Waals surface area contributed by atoms with Crippen molar-refractivity contribution >= 4 is 11.8 Å². The van der Waals surface area contributed by atoms with Gasteiger partial charge < -0.3 is 10.2 Å². The first-order valence-corrected chi connectivity index (χ1v) is 8.72. The van der Waals surface area contributed by atoms with Gasteiger partial charge in [-0.3, -0.25) is 0 Å². The molecular formula is C17H24O2S. The smallest absolute Gasteiger partial charge is 0.123 e. The molecule has 0 spiro atoms. The second-order valence-electron chi connectivity index (χ2n) is 5.66. The molecule has 0 aromatic heterocycles. The number of rotatable bonds is 5. The van der Waals surface area contributed by atoms with E-state index in [4.69, 9.17) is 0 Å². The maximum atomic E-state index is 10.3. The van der Waals surface area contributed by atoms with Gasteiger partial charge in [0.05, 0.1) is 0 Å². The summed E-state index contributed by atoms with van der Waals surface area (Å²) in [6.45, 7) is 2.12. The van der Waals surface area contributed by atoms with E-state index < -0.39 is 0 Å². The molecule has 1 aliphatic rings. The molecule has 1 aliphatic carbocycles. The van der Waals surface area contributed by atoms with Crippen LogP contribution in [0.25, 0.3) is 0 Å². The molecule has 20 heavy (non-hydrogen) atoms. The van der Waals surface area contributed by atoms with Crippen LogP contribution in [0.3, 0.4) is 0 Å². The van der Waals surface area contributed by atoms with Gasteiger partial charge in [0.25, 0.3) is 0 Å². The van der Waals surface area contributed by atoms with E-state index >= 15 is 0 Å². The van der Waals surface area contributed by atoms with E-state index in [0.29, 0.717) is 5.56 Å². The first kappa shape index (κ1) is 15.3. The van der Waals surface area contributed by atoms with Crippen LogP contribution >= 0.6 is 11.8 Å². The van der Waals surface area contributed by atoms with Crippen LogP contribution in [-0.4, -0.2) is 22.2 Å².